The van der Waals surface area contributed by atoms with Crippen molar-refractivity contribution in [3.63, 3.8) is 0 Å². The van der Waals surface area contributed by atoms with Crippen LogP contribution in [0, 0.1) is 0 Å². The molecule has 37 heavy (non-hydrogen) atoms. The first-order valence-corrected chi connectivity index (χ1v) is 11.2. The van der Waals surface area contributed by atoms with Crippen LogP contribution in [-0.2, 0) is 11.3 Å². The number of ether oxygens (including phenoxy) is 1. The number of aliphatic imine (C=N–C) groups is 1. The lowest BCUT2D eigenvalue weighted by molar-refractivity contribution is -0.0925. The number of aromatic nitrogens is 3. The Balaban J connectivity index is 1.50. The van der Waals surface area contributed by atoms with Crippen molar-refractivity contribution < 1.29 is 22.7 Å². The van der Waals surface area contributed by atoms with Crippen LogP contribution in [0.25, 0.3) is 5.69 Å². The van der Waals surface area contributed by atoms with Gasteiger partial charge in [-0.15, -0.1) is 0 Å². The summed E-state index contributed by atoms with van der Waals surface area (Å²) in [4.78, 5) is 20.7. The van der Waals surface area contributed by atoms with Crippen molar-refractivity contribution in [2.75, 3.05) is 0 Å². The first-order valence-electron chi connectivity index (χ1n) is 10.8. The van der Waals surface area contributed by atoms with E-state index >= 15 is 0 Å². The Kier molecular flexibility index (Phi) is 7.69. The maximum Gasteiger partial charge on any atom is 0.430 e. The molecule has 0 unspecified atom stereocenters. The molecule has 188 valence electrons. The second-order valence-electron chi connectivity index (χ2n) is 7.71. The predicted molar refractivity (Wildman–Crippen MR) is 133 cm³/mol. The lowest BCUT2D eigenvalue weighted by Crippen LogP contribution is -2.21. The fraction of sp³-hybridized carbons (Fsp3) is 0.0769. The van der Waals surface area contributed by atoms with Gasteiger partial charge in [-0.3, -0.25) is 0 Å². The molecule has 4 rings (SSSR count). The van der Waals surface area contributed by atoms with Gasteiger partial charge in [-0.2, -0.15) is 18.3 Å². The van der Waals surface area contributed by atoms with Gasteiger partial charge in [-0.25, -0.2) is 19.5 Å². The molecule has 0 aliphatic heterocycles. The van der Waals surface area contributed by atoms with E-state index in [9.17, 15) is 18.0 Å². The second kappa shape index (κ2) is 11.1. The van der Waals surface area contributed by atoms with Crippen molar-refractivity contribution in [3.05, 3.63) is 119 Å². The Morgan fingerprint density at radius 2 is 1.70 bits per heavy atom. The molecule has 4 aromatic rings. The van der Waals surface area contributed by atoms with Gasteiger partial charge in [0.25, 0.3) is 0 Å². The molecule has 0 aliphatic carbocycles. The number of carbonyl (C=O) groups is 1. The van der Waals surface area contributed by atoms with Crippen LogP contribution in [0.1, 0.15) is 21.5 Å². The zero-order valence-electron chi connectivity index (χ0n) is 19.1. The highest BCUT2D eigenvalue weighted by molar-refractivity contribution is 6.33. The summed E-state index contributed by atoms with van der Waals surface area (Å²) in [5, 5.41) is 4.30. The van der Waals surface area contributed by atoms with E-state index in [2.05, 4.69) is 15.1 Å². The number of hydrogen-bond donors (Lipinski definition) is 1. The topological polar surface area (TPSA) is 95.4 Å². The summed E-state index contributed by atoms with van der Waals surface area (Å²) in [6, 6.07) is 19.5. The molecular formula is C26H19ClF3N5O2. The third kappa shape index (κ3) is 6.62. The number of benzene rings is 3. The van der Waals surface area contributed by atoms with Crippen molar-refractivity contribution in [2.24, 2.45) is 10.7 Å². The van der Waals surface area contributed by atoms with Crippen molar-refractivity contribution in [2.45, 2.75) is 12.8 Å². The highest BCUT2D eigenvalue weighted by atomic mass is 35.5. The molecule has 7 nitrogen and oxygen atoms in total. The van der Waals surface area contributed by atoms with Crippen molar-refractivity contribution in [3.8, 4) is 5.69 Å². The predicted octanol–water partition coefficient (Wildman–Crippen LogP) is 5.80. The van der Waals surface area contributed by atoms with E-state index in [0.29, 0.717) is 5.56 Å². The van der Waals surface area contributed by atoms with Crippen LogP contribution >= 0.6 is 11.6 Å². The SMILES string of the molecule is NC(=CC(=Nc1ccccc1Cl)c1ccc(C(=O)OCc2ccc(-n3cncn3)cc2)cc1)C(F)(F)F. The van der Waals surface area contributed by atoms with Gasteiger partial charge in [-0.05, 0) is 48.0 Å². The molecular weight excluding hydrogens is 507 g/mol. The number of nitrogens with two attached hydrogens (primary N) is 1. The third-order valence-corrected chi connectivity index (χ3v) is 5.44. The molecule has 0 atom stereocenters. The van der Waals surface area contributed by atoms with E-state index in [0.717, 1.165) is 17.3 Å². The Morgan fingerprint density at radius 1 is 1.03 bits per heavy atom. The standard InChI is InChI=1S/C26H19ClF3N5O2/c27-21-3-1-2-4-22(21)34-23(13-24(31)26(28,29)30)18-7-9-19(10-8-18)25(36)37-14-17-5-11-20(12-6-17)35-16-32-15-33-35/h1-13,15-16H,14,31H2. The first kappa shape index (κ1) is 25.6. The van der Waals surface area contributed by atoms with E-state index in [1.807, 2.05) is 12.1 Å². The minimum absolute atomic E-state index is 0.0301. The Morgan fingerprint density at radius 3 is 2.32 bits per heavy atom. The lowest BCUT2D eigenvalue weighted by atomic mass is 10.1. The maximum absolute atomic E-state index is 13.1. The van der Waals surface area contributed by atoms with Crippen LogP contribution in [0.5, 0.6) is 0 Å². The number of nitrogens with zero attached hydrogens (tertiary/aromatic N) is 4. The quantitative estimate of drug-likeness (QED) is 0.243. The van der Waals surface area contributed by atoms with E-state index in [4.69, 9.17) is 22.1 Å². The van der Waals surface area contributed by atoms with Gasteiger partial charge < -0.3 is 10.5 Å². The number of hydrogen-bond acceptors (Lipinski definition) is 6. The molecule has 0 bridgehead atoms. The van der Waals surface area contributed by atoms with Gasteiger partial charge in [0.2, 0.25) is 0 Å². The number of alkyl halides is 3. The first-order chi connectivity index (χ1) is 17.7. The van der Waals surface area contributed by atoms with Crippen LogP contribution in [0.2, 0.25) is 5.02 Å². The molecule has 0 saturated carbocycles. The number of para-hydroxylation sites is 1. The van der Waals surface area contributed by atoms with Gasteiger partial charge in [0, 0.05) is 5.56 Å². The van der Waals surface area contributed by atoms with E-state index < -0.39 is 17.8 Å². The second-order valence-corrected chi connectivity index (χ2v) is 8.11. The van der Waals surface area contributed by atoms with Crippen molar-refractivity contribution >= 4 is 29.0 Å². The summed E-state index contributed by atoms with van der Waals surface area (Å²) in [5.74, 6) is -0.596. The Hall–Kier alpha value is -4.44. The van der Waals surface area contributed by atoms with Gasteiger partial charge in [-0.1, -0.05) is 48.0 Å². The van der Waals surface area contributed by atoms with Gasteiger partial charge >= 0.3 is 12.1 Å². The van der Waals surface area contributed by atoms with Gasteiger partial charge in [0.15, 0.2) is 0 Å². The summed E-state index contributed by atoms with van der Waals surface area (Å²) in [5.41, 5.74) is 6.18. The van der Waals surface area contributed by atoms with Crippen LogP contribution in [0.15, 0.2) is 102 Å². The van der Waals surface area contributed by atoms with E-state index in [-0.39, 0.29) is 28.6 Å². The highest BCUT2D eigenvalue weighted by Gasteiger charge is 2.31. The smallest absolute Gasteiger partial charge is 0.430 e. The highest BCUT2D eigenvalue weighted by Crippen LogP contribution is 2.27. The lowest BCUT2D eigenvalue weighted by Gasteiger charge is -2.10. The van der Waals surface area contributed by atoms with Crippen molar-refractivity contribution in [1.82, 2.24) is 14.8 Å². The summed E-state index contributed by atoms with van der Waals surface area (Å²) >= 11 is 6.12. The monoisotopic (exact) mass is 525 g/mol. The van der Waals surface area contributed by atoms with Crippen LogP contribution < -0.4 is 5.73 Å². The third-order valence-electron chi connectivity index (χ3n) is 5.12. The Labute approximate surface area is 214 Å². The molecule has 2 N–H and O–H groups in total. The molecule has 1 aromatic heterocycles. The summed E-state index contributed by atoms with van der Waals surface area (Å²) in [6.45, 7) is 0.0301. The Bertz CT molecular complexity index is 1430. The number of allylic oxidation sites excluding steroid dienone is 2. The van der Waals surface area contributed by atoms with Gasteiger partial charge in [0.05, 0.1) is 27.7 Å². The summed E-state index contributed by atoms with van der Waals surface area (Å²) in [7, 11) is 0. The molecule has 0 amide bonds. The minimum atomic E-state index is -4.74. The number of carbonyl (C=O) groups excluding carboxylic acids is 1. The summed E-state index contributed by atoms with van der Waals surface area (Å²) in [6.07, 6.45) is -1.03. The number of esters is 1. The molecule has 0 spiro atoms. The van der Waals surface area contributed by atoms with Crippen LogP contribution in [-0.4, -0.2) is 32.6 Å². The number of rotatable bonds is 7. The zero-order chi connectivity index (χ0) is 26.4. The van der Waals surface area contributed by atoms with E-state index in [1.54, 1.807) is 47.4 Å². The molecule has 0 radical (unpaired) electrons. The largest absolute Gasteiger partial charge is 0.457 e. The van der Waals surface area contributed by atoms with E-state index in [1.165, 1.54) is 30.6 Å². The zero-order valence-corrected chi connectivity index (χ0v) is 19.8. The van der Waals surface area contributed by atoms with Gasteiger partial charge in [0.1, 0.15) is 25.0 Å². The van der Waals surface area contributed by atoms with Crippen LogP contribution in [0.3, 0.4) is 0 Å². The van der Waals surface area contributed by atoms with Crippen LogP contribution in [0.4, 0.5) is 18.9 Å². The molecule has 11 heteroatoms. The van der Waals surface area contributed by atoms with Crippen molar-refractivity contribution in [1.29, 1.82) is 0 Å². The maximum atomic E-state index is 13.1. The summed E-state index contributed by atoms with van der Waals surface area (Å²) < 4.78 is 46.2. The minimum Gasteiger partial charge on any atom is -0.457 e. The normalized spacial score (nSPS) is 12.4. The molecule has 3 aromatic carbocycles. The fourth-order valence-electron chi connectivity index (χ4n) is 3.18. The molecule has 1 heterocycles. The fourth-order valence-corrected chi connectivity index (χ4v) is 3.36. The average molecular weight is 526 g/mol. The molecule has 0 saturated heterocycles. The number of halogens is 4. The average Bonchev–Trinajstić information content (AvgIpc) is 3.43. The molecule has 0 fully saturated rings. The molecule has 0 aliphatic rings.